The molecule has 2 heterocycles. The normalized spacial score (nSPS) is 20.6. The quantitative estimate of drug-likeness (QED) is 0.401. The number of carbonyl (C=O) groups is 4. The maximum absolute atomic E-state index is 11.4. The van der Waals surface area contributed by atoms with Crippen molar-refractivity contribution in [3.63, 3.8) is 0 Å². The Morgan fingerprint density at radius 2 is 1.74 bits per heavy atom. The summed E-state index contributed by atoms with van der Waals surface area (Å²) in [5.41, 5.74) is 0. The summed E-state index contributed by atoms with van der Waals surface area (Å²) in [6, 6.07) is 0. The van der Waals surface area contributed by atoms with Gasteiger partial charge in [0.2, 0.25) is 6.41 Å². The van der Waals surface area contributed by atoms with Gasteiger partial charge in [-0.05, 0) is 0 Å². The Morgan fingerprint density at radius 1 is 1.16 bits per heavy atom. The van der Waals surface area contributed by atoms with Gasteiger partial charge in [0.05, 0.1) is 0 Å². The van der Waals surface area contributed by atoms with Gasteiger partial charge in [0.25, 0.3) is 11.8 Å². The molecule has 3 amide bonds. The lowest BCUT2D eigenvalue weighted by Crippen LogP contribution is -2.38. The number of amides is 3. The fourth-order valence-electron chi connectivity index (χ4n) is 1.99. The number of hydrogen-bond donors (Lipinski definition) is 0. The molecule has 0 radical (unpaired) electrons. The summed E-state index contributed by atoms with van der Waals surface area (Å²) in [5, 5.41) is 0.447. The Morgan fingerprint density at radius 3 is 2.26 bits per heavy atom. The molecule has 2 aliphatic heterocycles. The molecule has 0 unspecified atom stereocenters. The summed E-state index contributed by atoms with van der Waals surface area (Å²) in [6.45, 7) is 1.01. The smallest absolute Gasteiger partial charge is 0.429 e. The molecule has 104 valence electrons. The van der Waals surface area contributed by atoms with Crippen LogP contribution in [0.15, 0.2) is 0 Å². The first-order valence-corrected chi connectivity index (χ1v) is 6.04. The van der Waals surface area contributed by atoms with E-state index < -0.39 is 18.0 Å². The first kappa shape index (κ1) is 13.3. The van der Waals surface area contributed by atoms with Gasteiger partial charge in [0.15, 0.2) is 0 Å². The highest BCUT2D eigenvalue weighted by atomic mass is 16.8. The van der Waals surface area contributed by atoms with E-state index in [1.807, 2.05) is 0 Å². The minimum atomic E-state index is -1.06. The maximum atomic E-state index is 11.4. The maximum Gasteiger partial charge on any atom is 0.534 e. The number of nitrogens with zero attached hydrogens (tertiary/aromatic N) is 2. The number of piperidine rings is 1. The third-order valence-corrected chi connectivity index (χ3v) is 3.06. The van der Waals surface area contributed by atoms with Crippen LogP contribution >= 0.6 is 0 Å². The van der Waals surface area contributed by atoms with Gasteiger partial charge in [-0.15, -0.1) is 0 Å². The van der Waals surface area contributed by atoms with Crippen molar-refractivity contribution < 1.29 is 28.8 Å². The molecule has 0 aromatic rings. The molecule has 8 heteroatoms. The monoisotopic (exact) mass is 270 g/mol. The zero-order chi connectivity index (χ0) is 13.8. The Balaban J connectivity index is 1.77. The molecule has 2 fully saturated rings. The number of rotatable bonds is 3. The number of ether oxygens (including phenoxy) is 1. The van der Waals surface area contributed by atoms with Crippen molar-refractivity contribution >= 4 is 24.4 Å². The molecular weight excluding hydrogens is 256 g/mol. The molecule has 19 heavy (non-hydrogen) atoms. The van der Waals surface area contributed by atoms with E-state index in [9.17, 15) is 19.2 Å². The molecule has 2 rings (SSSR count). The first-order valence-electron chi connectivity index (χ1n) is 6.04. The van der Waals surface area contributed by atoms with E-state index in [1.54, 1.807) is 4.90 Å². The van der Waals surface area contributed by atoms with Gasteiger partial charge in [0, 0.05) is 38.8 Å². The van der Waals surface area contributed by atoms with Crippen LogP contribution in [0.2, 0.25) is 0 Å². The van der Waals surface area contributed by atoms with E-state index in [1.165, 1.54) is 0 Å². The number of hydroxylamine groups is 2. The van der Waals surface area contributed by atoms with Crippen molar-refractivity contribution in [3.8, 4) is 0 Å². The average Bonchev–Trinajstić information content (AvgIpc) is 2.71. The number of hydrogen-bond acceptors (Lipinski definition) is 6. The Bertz CT molecular complexity index is 386. The molecule has 0 saturated carbocycles. The number of carbonyl (C=O) groups excluding carboxylic acids is 4. The molecule has 0 bridgehead atoms. The van der Waals surface area contributed by atoms with Crippen LogP contribution in [-0.2, 0) is 24.0 Å². The zero-order valence-electron chi connectivity index (χ0n) is 10.2. The third-order valence-electron chi connectivity index (χ3n) is 3.06. The molecule has 0 spiro atoms. The molecule has 0 N–H and O–H groups in total. The highest BCUT2D eigenvalue weighted by Crippen LogP contribution is 2.16. The van der Waals surface area contributed by atoms with Gasteiger partial charge in [-0.25, -0.2) is 4.79 Å². The van der Waals surface area contributed by atoms with Crippen LogP contribution in [0.3, 0.4) is 0 Å². The lowest BCUT2D eigenvalue weighted by Gasteiger charge is -2.28. The van der Waals surface area contributed by atoms with Gasteiger partial charge in [-0.2, -0.15) is 0 Å². The van der Waals surface area contributed by atoms with Gasteiger partial charge in [-0.1, -0.05) is 5.06 Å². The molecule has 8 nitrogen and oxygen atoms in total. The summed E-state index contributed by atoms with van der Waals surface area (Å²) < 4.78 is 4.99. The van der Waals surface area contributed by atoms with Crippen molar-refractivity contribution in [1.82, 2.24) is 9.96 Å². The Kier molecular flexibility index (Phi) is 3.98. The van der Waals surface area contributed by atoms with Crippen LogP contribution in [0.25, 0.3) is 0 Å². The summed E-state index contributed by atoms with van der Waals surface area (Å²) in [7, 11) is 0. The van der Waals surface area contributed by atoms with Crippen LogP contribution in [0.4, 0.5) is 4.79 Å². The summed E-state index contributed by atoms with van der Waals surface area (Å²) in [6.07, 6.45) is 0.430. The van der Waals surface area contributed by atoms with Gasteiger partial charge >= 0.3 is 6.16 Å². The van der Waals surface area contributed by atoms with Crippen LogP contribution in [0, 0.1) is 0 Å². The van der Waals surface area contributed by atoms with E-state index in [-0.39, 0.29) is 18.9 Å². The number of imide groups is 1. The Hall–Kier alpha value is -2.12. The van der Waals surface area contributed by atoms with Crippen molar-refractivity contribution in [1.29, 1.82) is 0 Å². The average molecular weight is 270 g/mol. The minimum Gasteiger partial charge on any atom is -0.429 e. The molecule has 0 aromatic heterocycles. The predicted octanol–water partition coefficient (Wildman–Crippen LogP) is -0.176. The van der Waals surface area contributed by atoms with Crippen molar-refractivity contribution in [2.75, 3.05) is 13.1 Å². The van der Waals surface area contributed by atoms with Gasteiger partial charge < -0.3 is 9.64 Å². The van der Waals surface area contributed by atoms with E-state index in [0.717, 1.165) is 6.41 Å². The van der Waals surface area contributed by atoms with Crippen molar-refractivity contribution in [3.05, 3.63) is 0 Å². The van der Waals surface area contributed by atoms with E-state index in [0.29, 0.717) is 31.0 Å². The second kappa shape index (κ2) is 5.68. The van der Waals surface area contributed by atoms with Crippen LogP contribution in [0.5, 0.6) is 0 Å². The molecule has 2 saturated heterocycles. The highest BCUT2D eigenvalue weighted by molar-refractivity contribution is 6.01. The van der Waals surface area contributed by atoms with E-state index in [2.05, 4.69) is 4.84 Å². The lowest BCUT2D eigenvalue weighted by molar-refractivity contribution is -0.179. The van der Waals surface area contributed by atoms with E-state index >= 15 is 0 Å². The summed E-state index contributed by atoms with van der Waals surface area (Å²) in [5.74, 6) is -1.09. The molecule has 0 aromatic carbocycles. The van der Waals surface area contributed by atoms with Gasteiger partial charge in [-0.3, -0.25) is 19.2 Å². The lowest BCUT2D eigenvalue weighted by atomic mass is 10.1. The number of likely N-dealkylation sites (tertiary alicyclic amines) is 1. The van der Waals surface area contributed by atoms with Crippen LogP contribution in [0.1, 0.15) is 25.7 Å². The largest absolute Gasteiger partial charge is 0.534 e. The fourth-order valence-corrected chi connectivity index (χ4v) is 1.99. The topological polar surface area (TPSA) is 93.2 Å². The molecule has 0 atom stereocenters. The summed E-state index contributed by atoms with van der Waals surface area (Å²) in [4.78, 5) is 50.5. The van der Waals surface area contributed by atoms with Crippen LogP contribution < -0.4 is 0 Å². The highest BCUT2D eigenvalue weighted by Gasteiger charge is 2.34. The van der Waals surface area contributed by atoms with Crippen LogP contribution in [-0.4, -0.2) is 53.5 Å². The SMILES string of the molecule is O=CN1CCC(OC(=O)ON2C(=O)CCC2=O)CC1. The molecular formula is C11H14N2O6. The fraction of sp³-hybridized carbons (Fsp3) is 0.636. The Labute approximate surface area is 109 Å². The first-order chi connectivity index (χ1) is 9.10. The van der Waals surface area contributed by atoms with E-state index in [4.69, 9.17) is 4.74 Å². The predicted molar refractivity (Wildman–Crippen MR) is 59.3 cm³/mol. The standard InChI is InChI=1S/C11H14N2O6/c14-7-12-5-3-8(4-6-12)18-11(17)19-13-9(15)1-2-10(13)16/h7-8H,1-6H2. The van der Waals surface area contributed by atoms with Gasteiger partial charge in [0.1, 0.15) is 6.10 Å². The molecule has 2 aliphatic rings. The molecule has 0 aliphatic carbocycles. The second-order valence-electron chi connectivity index (χ2n) is 4.38. The minimum absolute atomic E-state index is 0.0455. The third kappa shape index (κ3) is 3.21. The van der Waals surface area contributed by atoms with Crippen molar-refractivity contribution in [2.45, 2.75) is 31.8 Å². The zero-order valence-corrected chi connectivity index (χ0v) is 10.2. The van der Waals surface area contributed by atoms with Crippen molar-refractivity contribution in [2.24, 2.45) is 0 Å². The second-order valence-corrected chi connectivity index (χ2v) is 4.38. The summed E-state index contributed by atoms with van der Waals surface area (Å²) >= 11 is 0.